The molecular weight excluding hydrogens is 242 g/mol. The SMILES string of the molecule is CCC(=NN1CCOC1=O)c1ccc([N+](=O)[O-])o1. The molecule has 0 aliphatic carbocycles. The van der Waals surface area contributed by atoms with Crippen LogP contribution in [0.15, 0.2) is 21.7 Å². The van der Waals surface area contributed by atoms with Crippen molar-refractivity contribution in [1.29, 1.82) is 0 Å². The topological polar surface area (TPSA) is 98.2 Å². The first-order valence-electron chi connectivity index (χ1n) is 5.38. The van der Waals surface area contributed by atoms with Crippen molar-refractivity contribution in [2.45, 2.75) is 13.3 Å². The summed E-state index contributed by atoms with van der Waals surface area (Å²) in [5.74, 6) is -0.0703. The van der Waals surface area contributed by atoms with Gasteiger partial charge in [-0.15, -0.1) is 0 Å². The lowest BCUT2D eigenvalue weighted by molar-refractivity contribution is -0.402. The van der Waals surface area contributed by atoms with Gasteiger partial charge in [0.1, 0.15) is 17.2 Å². The standard InChI is InChI=1S/C10H11N3O5/c1-2-7(11-12-5-6-17-10(12)14)8-3-4-9(18-8)13(15)16/h3-4H,2,5-6H2,1H3. The van der Waals surface area contributed by atoms with Crippen molar-refractivity contribution in [2.24, 2.45) is 5.10 Å². The Morgan fingerprint density at radius 3 is 2.89 bits per heavy atom. The molecule has 18 heavy (non-hydrogen) atoms. The van der Waals surface area contributed by atoms with Crippen molar-refractivity contribution >= 4 is 17.7 Å². The van der Waals surface area contributed by atoms with Gasteiger partial charge < -0.3 is 9.15 Å². The highest BCUT2D eigenvalue weighted by atomic mass is 16.6. The van der Waals surface area contributed by atoms with E-state index in [4.69, 9.17) is 9.15 Å². The quantitative estimate of drug-likeness (QED) is 0.462. The Morgan fingerprint density at radius 1 is 1.61 bits per heavy atom. The Hall–Kier alpha value is -2.38. The van der Waals surface area contributed by atoms with Gasteiger partial charge in [-0.3, -0.25) is 10.1 Å². The molecule has 8 heteroatoms. The first kappa shape index (κ1) is 12.1. The first-order chi connectivity index (χ1) is 8.61. The Labute approximate surface area is 102 Å². The normalized spacial score (nSPS) is 15.9. The summed E-state index contributed by atoms with van der Waals surface area (Å²) in [5, 5.41) is 15.8. The molecule has 1 amide bonds. The van der Waals surface area contributed by atoms with E-state index in [1.54, 1.807) is 0 Å². The number of carbonyl (C=O) groups is 1. The molecule has 2 rings (SSSR count). The van der Waals surface area contributed by atoms with Crippen LogP contribution >= 0.6 is 0 Å². The smallest absolute Gasteiger partial charge is 0.433 e. The van der Waals surface area contributed by atoms with Crippen molar-refractivity contribution in [1.82, 2.24) is 5.01 Å². The van der Waals surface area contributed by atoms with Gasteiger partial charge in [-0.25, -0.2) is 4.79 Å². The first-order valence-corrected chi connectivity index (χ1v) is 5.38. The lowest BCUT2D eigenvalue weighted by Crippen LogP contribution is -2.20. The van der Waals surface area contributed by atoms with Crippen LogP contribution in [0, 0.1) is 10.1 Å². The molecule has 0 N–H and O–H groups in total. The van der Waals surface area contributed by atoms with Crippen LogP contribution in [0.3, 0.4) is 0 Å². The number of amides is 1. The number of cyclic esters (lactones) is 1. The van der Waals surface area contributed by atoms with Gasteiger partial charge in [0.15, 0.2) is 5.76 Å². The maximum atomic E-state index is 11.2. The molecule has 0 atom stereocenters. The minimum absolute atomic E-state index is 0.281. The van der Waals surface area contributed by atoms with Crippen molar-refractivity contribution < 1.29 is 18.9 Å². The van der Waals surface area contributed by atoms with Crippen LogP contribution in [0.5, 0.6) is 0 Å². The zero-order chi connectivity index (χ0) is 13.1. The van der Waals surface area contributed by atoms with E-state index in [2.05, 4.69) is 5.10 Å². The molecule has 0 unspecified atom stereocenters. The van der Waals surface area contributed by atoms with Gasteiger partial charge in [0, 0.05) is 0 Å². The fourth-order valence-electron chi connectivity index (χ4n) is 1.50. The van der Waals surface area contributed by atoms with E-state index in [0.717, 1.165) is 0 Å². The number of ether oxygens (including phenoxy) is 1. The summed E-state index contributed by atoms with van der Waals surface area (Å²) in [6.45, 7) is 2.47. The van der Waals surface area contributed by atoms with E-state index in [1.165, 1.54) is 17.1 Å². The van der Waals surface area contributed by atoms with Crippen LogP contribution in [-0.4, -0.2) is 34.9 Å². The van der Waals surface area contributed by atoms with Crippen molar-refractivity contribution in [2.75, 3.05) is 13.2 Å². The van der Waals surface area contributed by atoms with Crippen LogP contribution in [0.2, 0.25) is 0 Å². The van der Waals surface area contributed by atoms with Crippen molar-refractivity contribution in [3.05, 3.63) is 28.0 Å². The lowest BCUT2D eigenvalue weighted by Gasteiger charge is -2.07. The van der Waals surface area contributed by atoms with Gasteiger partial charge in [0.25, 0.3) is 0 Å². The largest absolute Gasteiger partial charge is 0.446 e. The highest BCUT2D eigenvalue weighted by Crippen LogP contribution is 2.18. The predicted molar refractivity (Wildman–Crippen MR) is 60.2 cm³/mol. The fraction of sp³-hybridized carbons (Fsp3) is 0.400. The third-order valence-corrected chi connectivity index (χ3v) is 2.37. The van der Waals surface area contributed by atoms with E-state index in [1.807, 2.05) is 6.92 Å². The summed E-state index contributed by atoms with van der Waals surface area (Å²) < 4.78 is 9.77. The summed E-state index contributed by atoms with van der Waals surface area (Å²) in [4.78, 5) is 21.1. The minimum atomic E-state index is -0.624. The lowest BCUT2D eigenvalue weighted by atomic mass is 10.2. The van der Waals surface area contributed by atoms with Crippen LogP contribution in [0.4, 0.5) is 10.7 Å². The van der Waals surface area contributed by atoms with Gasteiger partial charge in [-0.1, -0.05) is 6.92 Å². The number of nitro groups is 1. The molecule has 1 fully saturated rings. The van der Waals surface area contributed by atoms with Crippen LogP contribution in [-0.2, 0) is 4.74 Å². The summed E-state index contributed by atoms with van der Waals surface area (Å²) >= 11 is 0. The molecule has 0 saturated carbocycles. The molecular formula is C10H11N3O5. The molecule has 96 valence electrons. The van der Waals surface area contributed by atoms with E-state index < -0.39 is 11.0 Å². The number of carbonyl (C=O) groups excluding carboxylic acids is 1. The second-order valence-corrected chi connectivity index (χ2v) is 3.53. The van der Waals surface area contributed by atoms with Gasteiger partial charge in [0.05, 0.1) is 12.6 Å². The molecule has 1 aromatic heterocycles. The average Bonchev–Trinajstić information content (AvgIpc) is 2.95. The second kappa shape index (κ2) is 4.86. The molecule has 0 radical (unpaired) electrons. The molecule has 0 spiro atoms. The summed E-state index contributed by atoms with van der Waals surface area (Å²) in [6, 6.07) is 2.71. The molecule has 8 nitrogen and oxygen atoms in total. The monoisotopic (exact) mass is 253 g/mol. The fourth-order valence-corrected chi connectivity index (χ4v) is 1.50. The number of nitrogens with zero attached hydrogens (tertiary/aromatic N) is 3. The average molecular weight is 253 g/mol. The third-order valence-electron chi connectivity index (χ3n) is 2.37. The van der Waals surface area contributed by atoms with Crippen LogP contribution in [0.25, 0.3) is 0 Å². The Balaban J connectivity index is 2.24. The molecule has 1 aliphatic heterocycles. The molecule has 0 bridgehead atoms. The van der Waals surface area contributed by atoms with E-state index in [9.17, 15) is 14.9 Å². The third kappa shape index (κ3) is 2.31. The van der Waals surface area contributed by atoms with Crippen molar-refractivity contribution in [3.63, 3.8) is 0 Å². The zero-order valence-corrected chi connectivity index (χ0v) is 9.66. The number of rotatable bonds is 4. The Kier molecular flexibility index (Phi) is 3.26. The number of hydrogen-bond donors (Lipinski definition) is 0. The summed E-state index contributed by atoms with van der Waals surface area (Å²) in [7, 11) is 0. The molecule has 1 aromatic rings. The Bertz CT molecular complexity index is 507. The van der Waals surface area contributed by atoms with E-state index >= 15 is 0 Å². The number of furan rings is 1. The van der Waals surface area contributed by atoms with Gasteiger partial charge in [0.2, 0.25) is 0 Å². The number of hydrogen-bond acceptors (Lipinski definition) is 6. The summed E-state index contributed by atoms with van der Waals surface area (Å²) in [5.41, 5.74) is 0.460. The van der Waals surface area contributed by atoms with E-state index in [-0.39, 0.29) is 18.3 Å². The van der Waals surface area contributed by atoms with Crippen molar-refractivity contribution in [3.8, 4) is 0 Å². The predicted octanol–water partition coefficient (Wildman–Crippen LogP) is 1.75. The maximum Gasteiger partial charge on any atom is 0.433 e. The molecule has 1 aliphatic rings. The molecule has 2 heterocycles. The maximum absolute atomic E-state index is 11.2. The molecule has 0 aromatic carbocycles. The highest BCUT2D eigenvalue weighted by Gasteiger charge is 2.23. The van der Waals surface area contributed by atoms with Gasteiger partial charge in [-0.05, 0) is 12.5 Å². The second-order valence-electron chi connectivity index (χ2n) is 3.53. The molecule has 1 saturated heterocycles. The summed E-state index contributed by atoms with van der Waals surface area (Å²) in [6.07, 6.45) is -0.0453. The van der Waals surface area contributed by atoms with Crippen LogP contribution in [0.1, 0.15) is 19.1 Å². The minimum Gasteiger partial charge on any atom is -0.446 e. The number of hydrazone groups is 1. The highest BCUT2D eigenvalue weighted by molar-refractivity contribution is 5.98. The Morgan fingerprint density at radius 2 is 2.39 bits per heavy atom. The van der Waals surface area contributed by atoms with Crippen LogP contribution < -0.4 is 0 Å². The van der Waals surface area contributed by atoms with Gasteiger partial charge in [-0.2, -0.15) is 10.1 Å². The van der Waals surface area contributed by atoms with Gasteiger partial charge >= 0.3 is 12.0 Å². The van der Waals surface area contributed by atoms with E-state index in [0.29, 0.717) is 18.7 Å². The zero-order valence-electron chi connectivity index (χ0n) is 9.66.